The second kappa shape index (κ2) is 5.92. The molecule has 16 heavy (non-hydrogen) atoms. The summed E-state index contributed by atoms with van der Waals surface area (Å²) in [5.41, 5.74) is 5.14. The first-order valence-corrected chi connectivity index (χ1v) is 7.24. The Morgan fingerprint density at radius 2 is 2.31 bits per heavy atom. The van der Waals surface area contributed by atoms with Crippen LogP contribution in [0.5, 0.6) is 0 Å². The van der Waals surface area contributed by atoms with Gasteiger partial charge >= 0.3 is 0 Å². The third-order valence-corrected chi connectivity index (χ3v) is 4.35. The molecule has 94 valence electrons. The van der Waals surface area contributed by atoms with Crippen LogP contribution in [0.25, 0.3) is 0 Å². The Hall–Kier alpha value is -0.220. The van der Waals surface area contributed by atoms with E-state index in [-0.39, 0.29) is 5.91 Å². The lowest BCUT2D eigenvalue weighted by Crippen LogP contribution is -2.60. The lowest BCUT2D eigenvalue weighted by molar-refractivity contribution is -0.126. The van der Waals surface area contributed by atoms with Crippen molar-refractivity contribution in [1.82, 2.24) is 5.32 Å². The van der Waals surface area contributed by atoms with Crippen LogP contribution in [0.15, 0.2) is 0 Å². The van der Waals surface area contributed by atoms with Crippen LogP contribution in [0.4, 0.5) is 0 Å². The van der Waals surface area contributed by atoms with Gasteiger partial charge in [-0.3, -0.25) is 4.79 Å². The van der Waals surface area contributed by atoms with Gasteiger partial charge in [0.05, 0.1) is 5.54 Å². The number of carbonyl (C=O) groups excluding carboxylic acids is 1. The molecule has 0 radical (unpaired) electrons. The SMILES string of the molecule is CCSC1CCCC(NC(C)C)(C(N)=O)C1. The van der Waals surface area contributed by atoms with Crippen LogP contribution in [0.1, 0.15) is 46.5 Å². The molecule has 0 aromatic heterocycles. The Bertz CT molecular complexity index is 243. The first-order valence-electron chi connectivity index (χ1n) is 6.19. The summed E-state index contributed by atoms with van der Waals surface area (Å²) in [5.74, 6) is 0.934. The highest BCUT2D eigenvalue weighted by Crippen LogP contribution is 2.35. The van der Waals surface area contributed by atoms with Crippen molar-refractivity contribution in [3.63, 3.8) is 0 Å². The first kappa shape index (κ1) is 13.8. The second-order valence-electron chi connectivity index (χ2n) is 4.92. The van der Waals surface area contributed by atoms with Crippen LogP contribution < -0.4 is 11.1 Å². The molecule has 2 unspecified atom stereocenters. The zero-order valence-corrected chi connectivity index (χ0v) is 11.4. The van der Waals surface area contributed by atoms with Crippen LogP contribution in [0.3, 0.4) is 0 Å². The molecule has 0 aromatic rings. The van der Waals surface area contributed by atoms with Crippen LogP contribution in [0, 0.1) is 0 Å². The maximum absolute atomic E-state index is 11.7. The lowest BCUT2D eigenvalue weighted by atomic mass is 9.80. The quantitative estimate of drug-likeness (QED) is 0.776. The molecule has 0 aliphatic heterocycles. The van der Waals surface area contributed by atoms with Gasteiger partial charge in [-0.25, -0.2) is 0 Å². The van der Waals surface area contributed by atoms with Crippen molar-refractivity contribution >= 4 is 17.7 Å². The Kier molecular flexibility index (Phi) is 5.12. The Labute approximate surface area is 103 Å². The molecule has 1 fully saturated rings. The maximum Gasteiger partial charge on any atom is 0.237 e. The van der Waals surface area contributed by atoms with Gasteiger partial charge in [0.1, 0.15) is 0 Å². The third kappa shape index (κ3) is 3.39. The Morgan fingerprint density at radius 3 is 2.81 bits per heavy atom. The zero-order valence-electron chi connectivity index (χ0n) is 10.6. The molecule has 1 aliphatic rings. The molecule has 0 spiro atoms. The largest absolute Gasteiger partial charge is 0.368 e. The minimum absolute atomic E-state index is 0.178. The molecule has 2 atom stereocenters. The van der Waals surface area contributed by atoms with Gasteiger partial charge in [0.2, 0.25) is 5.91 Å². The normalized spacial score (nSPS) is 30.6. The van der Waals surface area contributed by atoms with E-state index >= 15 is 0 Å². The van der Waals surface area contributed by atoms with E-state index < -0.39 is 5.54 Å². The summed E-state index contributed by atoms with van der Waals surface area (Å²) in [6, 6.07) is 0.304. The van der Waals surface area contributed by atoms with Gasteiger partial charge < -0.3 is 11.1 Å². The molecule has 3 nitrogen and oxygen atoms in total. The van der Waals surface area contributed by atoms with Crippen LogP contribution in [-0.4, -0.2) is 28.5 Å². The lowest BCUT2D eigenvalue weighted by Gasteiger charge is -2.40. The minimum Gasteiger partial charge on any atom is -0.368 e. The molecule has 4 heteroatoms. The van der Waals surface area contributed by atoms with Gasteiger partial charge in [-0.1, -0.05) is 6.92 Å². The van der Waals surface area contributed by atoms with Crippen LogP contribution in [-0.2, 0) is 4.79 Å². The van der Waals surface area contributed by atoms with Crippen molar-refractivity contribution < 1.29 is 4.79 Å². The summed E-state index contributed by atoms with van der Waals surface area (Å²) in [4.78, 5) is 11.7. The van der Waals surface area contributed by atoms with Gasteiger partial charge in [-0.15, -0.1) is 0 Å². The number of carbonyl (C=O) groups is 1. The van der Waals surface area contributed by atoms with E-state index in [4.69, 9.17) is 5.73 Å². The maximum atomic E-state index is 11.7. The molecule has 1 rings (SSSR count). The molecule has 0 saturated heterocycles. The zero-order chi connectivity index (χ0) is 12.2. The van der Waals surface area contributed by atoms with Crippen LogP contribution in [0.2, 0.25) is 0 Å². The van der Waals surface area contributed by atoms with Crippen molar-refractivity contribution in [3.8, 4) is 0 Å². The molecular formula is C12H24N2OS. The highest BCUT2D eigenvalue weighted by Gasteiger charge is 2.41. The highest BCUT2D eigenvalue weighted by atomic mass is 32.2. The van der Waals surface area contributed by atoms with E-state index in [1.807, 2.05) is 11.8 Å². The molecule has 1 amide bonds. The molecule has 0 heterocycles. The molecule has 1 aliphatic carbocycles. The van der Waals surface area contributed by atoms with E-state index in [1.54, 1.807) is 0 Å². The topological polar surface area (TPSA) is 55.1 Å². The molecule has 0 aromatic carbocycles. The fourth-order valence-electron chi connectivity index (χ4n) is 2.58. The van der Waals surface area contributed by atoms with E-state index in [0.29, 0.717) is 11.3 Å². The standard InChI is InChI=1S/C12H24N2OS/c1-4-16-10-6-5-7-12(8-10,11(13)15)14-9(2)3/h9-10,14H,4-8H2,1-3H3,(H2,13,15). The predicted molar refractivity (Wildman–Crippen MR) is 70.6 cm³/mol. The Morgan fingerprint density at radius 1 is 1.62 bits per heavy atom. The fourth-order valence-corrected chi connectivity index (χ4v) is 3.79. The summed E-state index contributed by atoms with van der Waals surface area (Å²) in [7, 11) is 0. The van der Waals surface area contributed by atoms with E-state index in [2.05, 4.69) is 26.1 Å². The monoisotopic (exact) mass is 244 g/mol. The van der Waals surface area contributed by atoms with E-state index in [9.17, 15) is 4.79 Å². The summed E-state index contributed by atoms with van der Waals surface area (Å²) < 4.78 is 0. The number of primary amides is 1. The number of hydrogen-bond donors (Lipinski definition) is 2. The number of hydrogen-bond acceptors (Lipinski definition) is 3. The number of nitrogens with one attached hydrogen (secondary N) is 1. The number of thioether (sulfide) groups is 1. The van der Waals surface area contributed by atoms with Gasteiger partial charge in [-0.2, -0.15) is 11.8 Å². The average Bonchev–Trinajstić information content (AvgIpc) is 2.17. The number of rotatable bonds is 5. The van der Waals surface area contributed by atoms with Crippen molar-refractivity contribution in [2.24, 2.45) is 5.73 Å². The first-order chi connectivity index (χ1) is 7.50. The van der Waals surface area contributed by atoms with E-state index in [0.717, 1.165) is 25.0 Å². The van der Waals surface area contributed by atoms with Gasteiger partial charge in [0.25, 0.3) is 0 Å². The summed E-state index contributed by atoms with van der Waals surface area (Å²) >= 11 is 1.95. The highest BCUT2D eigenvalue weighted by molar-refractivity contribution is 7.99. The molecule has 1 saturated carbocycles. The Balaban J connectivity index is 2.72. The van der Waals surface area contributed by atoms with Crippen molar-refractivity contribution in [2.45, 2.75) is 63.3 Å². The number of amides is 1. The van der Waals surface area contributed by atoms with Crippen molar-refractivity contribution in [2.75, 3.05) is 5.75 Å². The molecule has 3 N–H and O–H groups in total. The summed E-state index contributed by atoms with van der Waals surface area (Å²) in [5, 5.41) is 3.98. The number of nitrogens with two attached hydrogens (primary N) is 1. The molecule has 0 bridgehead atoms. The smallest absolute Gasteiger partial charge is 0.237 e. The van der Waals surface area contributed by atoms with Gasteiger partial charge in [-0.05, 0) is 45.3 Å². The van der Waals surface area contributed by atoms with Crippen molar-refractivity contribution in [3.05, 3.63) is 0 Å². The predicted octanol–water partition coefficient (Wildman–Crippen LogP) is 1.90. The second-order valence-corrected chi connectivity index (χ2v) is 6.50. The summed E-state index contributed by atoms with van der Waals surface area (Å²) in [6.07, 6.45) is 4.09. The molecular weight excluding hydrogens is 220 g/mol. The van der Waals surface area contributed by atoms with Gasteiger partial charge in [0.15, 0.2) is 0 Å². The van der Waals surface area contributed by atoms with Gasteiger partial charge in [0, 0.05) is 11.3 Å². The third-order valence-electron chi connectivity index (χ3n) is 3.14. The minimum atomic E-state index is -0.459. The van der Waals surface area contributed by atoms with E-state index in [1.165, 1.54) is 6.42 Å². The van der Waals surface area contributed by atoms with Crippen LogP contribution >= 0.6 is 11.8 Å². The summed E-state index contributed by atoms with van der Waals surface area (Å²) in [6.45, 7) is 6.31. The average molecular weight is 244 g/mol. The fraction of sp³-hybridized carbons (Fsp3) is 0.917. The van der Waals surface area contributed by atoms with Crippen molar-refractivity contribution in [1.29, 1.82) is 0 Å².